The summed E-state index contributed by atoms with van der Waals surface area (Å²) in [5.74, 6) is 0. The van der Waals surface area contributed by atoms with Crippen molar-refractivity contribution < 1.29 is 22.9 Å². The molecule has 2 amide bonds. The van der Waals surface area contributed by atoms with Crippen LogP contribution in [-0.2, 0) is 6.18 Å². The molecular weight excluding hydrogens is 389 g/mol. The average Bonchev–Trinajstić information content (AvgIpc) is 2.66. The Balaban J connectivity index is 2.01. The van der Waals surface area contributed by atoms with Crippen molar-refractivity contribution in [3.8, 4) is 6.07 Å². The first-order valence-corrected chi connectivity index (χ1v) is 8.26. The van der Waals surface area contributed by atoms with Crippen LogP contribution in [-0.4, -0.2) is 11.0 Å². The highest BCUT2D eigenvalue weighted by Gasteiger charge is 2.34. The first-order chi connectivity index (χ1) is 13.6. The summed E-state index contributed by atoms with van der Waals surface area (Å²) in [6.07, 6.45) is -3.07. The van der Waals surface area contributed by atoms with Crippen molar-refractivity contribution in [2.45, 2.75) is 19.1 Å². The summed E-state index contributed by atoms with van der Waals surface area (Å²) in [5, 5.41) is 22.8. The molecular formula is C19H13F3N4O3. The molecule has 1 atom stereocenters. The van der Waals surface area contributed by atoms with Gasteiger partial charge in [-0.3, -0.25) is 15.0 Å². The lowest BCUT2D eigenvalue weighted by Gasteiger charge is -2.32. The van der Waals surface area contributed by atoms with Crippen molar-refractivity contribution in [2.75, 3.05) is 4.90 Å². The summed E-state index contributed by atoms with van der Waals surface area (Å²) >= 11 is 0. The number of carbonyl (C=O) groups is 1. The maximum absolute atomic E-state index is 13.0. The first kappa shape index (κ1) is 19.9. The van der Waals surface area contributed by atoms with Crippen LogP contribution in [0.15, 0.2) is 54.2 Å². The predicted octanol–water partition coefficient (Wildman–Crippen LogP) is 4.66. The zero-order chi connectivity index (χ0) is 21.3. The van der Waals surface area contributed by atoms with E-state index in [0.29, 0.717) is 5.70 Å². The fourth-order valence-electron chi connectivity index (χ4n) is 3.06. The molecule has 1 unspecified atom stereocenters. The Labute approximate surface area is 162 Å². The fraction of sp³-hybridized carbons (Fsp3) is 0.158. The highest BCUT2D eigenvalue weighted by atomic mass is 19.4. The van der Waals surface area contributed by atoms with E-state index in [1.807, 2.05) is 6.07 Å². The number of carbonyl (C=O) groups excluding carboxylic acids is 1. The molecule has 0 fully saturated rings. The molecule has 0 spiro atoms. The monoisotopic (exact) mass is 402 g/mol. The summed E-state index contributed by atoms with van der Waals surface area (Å²) in [6, 6.07) is 8.35. The minimum absolute atomic E-state index is 0.0128. The number of nitrogens with zero attached hydrogens (tertiary/aromatic N) is 3. The fourth-order valence-corrected chi connectivity index (χ4v) is 3.06. The number of alkyl halides is 3. The largest absolute Gasteiger partial charge is 0.416 e. The van der Waals surface area contributed by atoms with Crippen LogP contribution in [0.1, 0.15) is 29.7 Å². The number of amides is 2. The van der Waals surface area contributed by atoms with Crippen molar-refractivity contribution in [3.63, 3.8) is 0 Å². The normalized spacial score (nSPS) is 16.7. The van der Waals surface area contributed by atoms with E-state index < -0.39 is 28.7 Å². The number of benzene rings is 2. The standard InChI is InChI=1S/C19H13F3N4O3/c1-11-7-16(15-6-5-12(10-23)8-17(15)26(28)29)24-18(27)25(11)14-4-2-3-13(9-14)19(20,21)22/h2-9,16H,1H3,(H,24,27). The number of rotatable bonds is 3. The molecule has 0 saturated carbocycles. The Morgan fingerprint density at radius 1 is 1.24 bits per heavy atom. The summed E-state index contributed by atoms with van der Waals surface area (Å²) in [4.78, 5) is 24.4. The Morgan fingerprint density at radius 2 is 1.97 bits per heavy atom. The first-order valence-electron chi connectivity index (χ1n) is 8.26. The second-order valence-corrected chi connectivity index (χ2v) is 6.26. The second kappa shape index (κ2) is 7.27. The smallest absolute Gasteiger partial charge is 0.327 e. The Bertz CT molecular complexity index is 1070. The van der Waals surface area contributed by atoms with Gasteiger partial charge >= 0.3 is 12.2 Å². The van der Waals surface area contributed by atoms with Gasteiger partial charge in [-0.1, -0.05) is 6.07 Å². The molecule has 0 saturated heterocycles. The van der Waals surface area contributed by atoms with E-state index in [2.05, 4.69) is 5.32 Å². The molecule has 0 aromatic heterocycles. The van der Waals surface area contributed by atoms with Crippen LogP contribution in [0.4, 0.5) is 29.3 Å². The SMILES string of the molecule is CC1=CC(c2ccc(C#N)cc2[N+](=O)[O-])NC(=O)N1c1cccc(C(F)(F)F)c1. The third-order valence-corrected chi connectivity index (χ3v) is 4.37. The number of halogens is 3. The van der Waals surface area contributed by atoms with E-state index in [4.69, 9.17) is 5.26 Å². The van der Waals surface area contributed by atoms with Gasteiger partial charge in [-0.15, -0.1) is 0 Å². The molecule has 0 bridgehead atoms. The Hall–Kier alpha value is -3.87. The maximum Gasteiger partial charge on any atom is 0.416 e. The van der Waals surface area contributed by atoms with Crippen molar-refractivity contribution in [1.29, 1.82) is 5.26 Å². The number of nitrogens with one attached hydrogen (secondary N) is 1. The van der Waals surface area contributed by atoms with E-state index in [-0.39, 0.29) is 22.5 Å². The topological polar surface area (TPSA) is 99.3 Å². The molecule has 0 aliphatic carbocycles. The molecule has 29 heavy (non-hydrogen) atoms. The van der Waals surface area contributed by atoms with Crippen molar-refractivity contribution >= 4 is 17.4 Å². The summed E-state index contributed by atoms with van der Waals surface area (Å²) in [6.45, 7) is 1.52. The van der Waals surface area contributed by atoms with Crippen LogP contribution in [0.25, 0.3) is 0 Å². The van der Waals surface area contributed by atoms with Gasteiger partial charge in [-0.25, -0.2) is 4.79 Å². The van der Waals surface area contributed by atoms with Gasteiger partial charge in [0.15, 0.2) is 0 Å². The quantitative estimate of drug-likeness (QED) is 0.596. The van der Waals surface area contributed by atoms with Gasteiger partial charge < -0.3 is 5.32 Å². The highest BCUT2D eigenvalue weighted by molar-refractivity contribution is 5.96. The number of urea groups is 1. The molecule has 1 heterocycles. The maximum atomic E-state index is 13.0. The zero-order valence-corrected chi connectivity index (χ0v) is 14.9. The Kier molecular flexibility index (Phi) is 4.99. The number of hydrogen-bond acceptors (Lipinski definition) is 4. The van der Waals surface area contributed by atoms with E-state index in [1.165, 1.54) is 37.3 Å². The van der Waals surface area contributed by atoms with E-state index >= 15 is 0 Å². The molecule has 1 N–H and O–H groups in total. The van der Waals surface area contributed by atoms with Gasteiger partial charge in [0.1, 0.15) is 0 Å². The molecule has 0 radical (unpaired) electrons. The van der Waals surface area contributed by atoms with E-state index in [0.717, 1.165) is 23.1 Å². The van der Waals surface area contributed by atoms with Crippen molar-refractivity contribution in [1.82, 2.24) is 5.32 Å². The van der Waals surface area contributed by atoms with Crippen LogP contribution in [0, 0.1) is 21.4 Å². The molecule has 1 aliphatic heterocycles. The van der Waals surface area contributed by atoms with Gasteiger partial charge in [0.2, 0.25) is 0 Å². The molecule has 1 aliphatic rings. The third kappa shape index (κ3) is 3.89. The van der Waals surface area contributed by atoms with Gasteiger partial charge in [0.25, 0.3) is 5.69 Å². The average molecular weight is 402 g/mol. The van der Waals surface area contributed by atoms with Gasteiger partial charge in [-0.05, 0) is 43.3 Å². The molecule has 10 heteroatoms. The highest BCUT2D eigenvalue weighted by Crippen LogP contribution is 2.35. The van der Waals surface area contributed by atoms with E-state index in [1.54, 1.807) is 0 Å². The molecule has 148 valence electrons. The van der Waals surface area contributed by atoms with Crippen LogP contribution in [0.3, 0.4) is 0 Å². The molecule has 2 aromatic carbocycles. The predicted molar refractivity (Wildman–Crippen MR) is 96.8 cm³/mol. The summed E-state index contributed by atoms with van der Waals surface area (Å²) in [5.41, 5.74) is -0.679. The molecule has 7 nitrogen and oxygen atoms in total. The van der Waals surface area contributed by atoms with Gasteiger partial charge in [-0.2, -0.15) is 18.4 Å². The van der Waals surface area contributed by atoms with Crippen molar-refractivity contribution in [3.05, 3.63) is 81.0 Å². The zero-order valence-electron chi connectivity index (χ0n) is 14.9. The minimum Gasteiger partial charge on any atom is -0.327 e. The minimum atomic E-state index is -4.56. The van der Waals surface area contributed by atoms with Crippen molar-refractivity contribution in [2.24, 2.45) is 0 Å². The van der Waals surface area contributed by atoms with Gasteiger partial charge in [0, 0.05) is 11.8 Å². The van der Waals surface area contributed by atoms with Crippen LogP contribution < -0.4 is 10.2 Å². The molecule has 2 aromatic rings. The Morgan fingerprint density at radius 3 is 2.55 bits per heavy atom. The number of nitro benzene ring substituents is 1. The lowest BCUT2D eigenvalue weighted by molar-refractivity contribution is -0.385. The number of nitriles is 1. The lowest BCUT2D eigenvalue weighted by atomic mass is 10.00. The summed E-state index contributed by atoms with van der Waals surface area (Å²) in [7, 11) is 0. The number of allylic oxidation sites excluding steroid dienone is 1. The van der Waals surface area contributed by atoms with Crippen LogP contribution in [0.2, 0.25) is 0 Å². The summed E-state index contributed by atoms with van der Waals surface area (Å²) < 4.78 is 38.9. The van der Waals surface area contributed by atoms with Crippen LogP contribution >= 0.6 is 0 Å². The second-order valence-electron chi connectivity index (χ2n) is 6.26. The number of nitro groups is 1. The molecule has 3 rings (SSSR count). The number of anilines is 1. The lowest BCUT2D eigenvalue weighted by Crippen LogP contribution is -2.44. The number of hydrogen-bond donors (Lipinski definition) is 1. The van der Waals surface area contributed by atoms with E-state index in [9.17, 15) is 28.1 Å². The van der Waals surface area contributed by atoms with Crippen LogP contribution in [0.5, 0.6) is 0 Å². The van der Waals surface area contributed by atoms with Gasteiger partial charge in [0.05, 0.1) is 39.4 Å². The third-order valence-electron chi connectivity index (χ3n) is 4.37.